The fraction of sp³-hybridized carbons (Fsp3) is 0. The Hall–Kier alpha value is -1.04. The number of nitrogens with two attached hydrogens (primary N) is 1. The van der Waals surface area contributed by atoms with Gasteiger partial charge in [-0.3, -0.25) is 4.79 Å². The van der Waals surface area contributed by atoms with Crippen molar-refractivity contribution in [3.63, 3.8) is 0 Å². The molecule has 98 valence electrons. The van der Waals surface area contributed by atoms with E-state index in [1.54, 1.807) is 24.3 Å². The lowest BCUT2D eigenvalue weighted by molar-refractivity contribution is 0.102. The summed E-state index contributed by atoms with van der Waals surface area (Å²) in [6.07, 6.45) is 0. The van der Waals surface area contributed by atoms with Crippen molar-refractivity contribution < 1.29 is 4.79 Å². The molecule has 0 fully saturated rings. The smallest absolute Gasteiger partial charge is 0.255 e. The van der Waals surface area contributed by atoms with Gasteiger partial charge in [-0.05, 0) is 52.3 Å². The molecule has 0 bridgehead atoms. The molecule has 0 aliphatic carbocycles. The third-order valence-corrected chi connectivity index (χ3v) is 3.93. The minimum atomic E-state index is -0.244. The first-order chi connectivity index (χ1) is 8.97. The van der Waals surface area contributed by atoms with Crippen molar-refractivity contribution in [2.75, 3.05) is 11.1 Å². The molecule has 0 heterocycles. The molecule has 2 rings (SSSR count). The zero-order chi connectivity index (χ0) is 14.0. The zero-order valence-electron chi connectivity index (χ0n) is 9.58. The number of nitrogen functional groups attached to an aromatic ring is 1. The van der Waals surface area contributed by atoms with E-state index in [0.29, 0.717) is 22.0 Å². The van der Waals surface area contributed by atoms with Crippen LogP contribution < -0.4 is 11.1 Å². The molecule has 0 saturated heterocycles. The summed E-state index contributed by atoms with van der Waals surface area (Å²) < 4.78 is 1.71. The number of amides is 1. The van der Waals surface area contributed by atoms with Crippen LogP contribution in [0.1, 0.15) is 10.4 Å². The van der Waals surface area contributed by atoms with E-state index in [1.807, 2.05) is 12.1 Å². The summed E-state index contributed by atoms with van der Waals surface area (Å²) in [5.41, 5.74) is 7.19. The van der Waals surface area contributed by atoms with E-state index < -0.39 is 0 Å². The molecule has 6 heteroatoms. The Labute approximate surface area is 132 Å². The second-order valence-corrected chi connectivity index (χ2v) is 5.99. The van der Waals surface area contributed by atoms with E-state index in [-0.39, 0.29) is 5.91 Å². The third-order valence-electron chi connectivity index (χ3n) is 2.44. The first kappa shape index (κ1) is 14.4. The van der Waals surface area contributed by atoms with E-state index in [4.69, 9.17) is 17.3 Å². The molecule has 3 nitrogen and oxygen atoms in total. The van der Waals surface area contributed by atoms with Crippen molar-refractivity contribution in [3.8, 4) is 0 Å². The number of halogens is 3. The van der Waals surface area contributed by atoms with Gasteiger partial charge in [0, 0.05) is 14.5 Å². The van der Waals surface area contributed by atoms with Crippen molar-refractivity contribution in [3.05, 3.63) is 55.9 Å². The number of rotatable bonds is 2. The van der Waals surface area contributed by atoms with Gasteiger partial charge in [0.1, 0.15) is 0 Å². The van der Waals surface area contributed by atoms with Crippen LogP contribution in [-0.2, 0) is 0 Å². The van der Waals surface area contributed by atoms with Gasteiger partial charge in [0.2, 0.25) is 0 Å². The van der Waals surface area contributed by atoms with Gasteiger partial charge in [-0.25, -0.2) is 0 Å². The second kappa shape index (κ2) is 5.94. The molecule has 0 aliphatic rings. The molecule has 2 aromatic carbocycles. The van der Waals surface area contributed by atoms with Gasteiger partial charge in [-0.15, -0.1) is 0 Å². The van der Waals surface area contributed by atoms with E-state index in [0.717, 1.165) is 8.95 Å². The molecule has 0 unspecified atom stereocenters. The van der Waals surface area contributed by atoms with E-state index >= 15 is 0 Å². The van der Waals surface area contributed by atoms with E-state index in [1.165, 1.54) is 0 Å². The van der Waals surface area contributed by atoms with Crippen molar-refractivity contribution >= 4 is 60.7 Å². The molecular formula is C13H9Br2ClN2O. The molecule has 0 spiro atoms. The predicted octanol–water partition coefficient (Wildman–Crippen LogP) is 4.70. The standard InChI is InChI=1S/C13H9Br2ClN2O/c14-8-2-4-12(9(15)6-8)18-13(19)7-1-3-10(16)11(17)5-7/h1-6H,17H2,(H,18,19). The summed E-state index contributed by atoms with van der Waals surface area (Å²) in [6.45, 7) is 0. The van der Waals surface area contributed by atoms with Crippen LogP contribution in [0.4, 0.5) is 11.4 Å². The summed E-state index contributed by atoms with van der Waals surface area (Å²) in [6, 6.07) is 10.3. The van der Waals surface area contributed by atoms with Crippen LogP contribution in [0.5, 0.6) is 0 Å². The van der Waals surface area contributed by atoms with Crippen LogP contribution in [-0.4, -0.2) is 5.91 Å². The van der Waals surface area contributed by atoms with Gasteiger partial charge in [0.15, 0.2) is 0 Å². The molecule has 19 heavy (non-hydrogen) atoms. The van der Waals surface area contributed by atoms with Gasteiger partial charge in [0.25, 0.3) is 5.91 Å². The van der Waals surface area contributed by atoms with Crippen molar-refractivity contribution in [1.82, 2.24) is 0 Å². The lowest BCUT2D eigenvalue weighted by atomic mass is 10.2. The summed E-state index contributed by atoms with van der Waals surface area (Å²) in [4.78, 5) is 12.1. The van der Waals surface area contributed by atoms with E-state index in [2.05, 4.69) is 37.2 Å². The fourth-order valence-electron chi connectivity index (χ4n) is 1.47. The minimum absolute atomic E-state index is 0.244. The number of hydrogen-bond donors (Lipinski definition) is 2. The van der Waals surface area contributed by atoms with Gasteiger partial charge in [-0.2, -0.15) is 0 Å². The normalized spacial score (nSPS) is 10.3. The third kappa shape index (κ3) is 3.49. The Balaban J connectivity index is 2.23. The highest BCUT2D eigenvalue weighted by atomic mass is 79.9. The van der Waals surface area contributed by atoms with Crippen LogP contribution in [0, 0.1) is 0 Å². The molecular weight excluding hydrogens is 395 g/mol. The maximum absolute atomic E-state index is 12.1. The van der Waals surface area contributed by atoms with Gasteiger partial charge < -0.3 is 11.1 Å². The van der Waals surface area contributed by atoms with Crippen LogP contribution in [0.2, 0.25) is 5.02 Å². The molecule has 2 aromatic rings. The second-order valence-electron chi connectivity index (χ2n) is 3.81. The van der Waals surface area contributed by atoms with Crippen molar-refractivity contribution in [1.29, 1.82) is 0 Å². The average Bonchev–Trinajstić information content (AvgIpc) is 2.36. The van der Waals surface area contributed by atoms with Crippen LogP contribution in [0.25, 0.3) is 0 Å². The summed E-state index contributed by atoms with van der Waals surface area (Å²) in [5.74, 6) is -0.244. The van der Waals surface area contributed by atoms with Crippen LogP contribution >= 0.6 is 43.5 Å². The highest BCUT2D eigenvalue weighted by Crippen LogP contribution is 2.27. The first-order valence-corrected chi connectivity index (χ1v) is 7.25. The number of hydrogen-bond acceptors (Lipinski definition) is 2. The topological polar surface area (TPSA) is 55.1 Å². The predicted molar refractivity (Wildman–Crippen MR) is 85.7 cm³/mol. The average molecular weight is 404 g/mol. The lowest BCUT2D eigenvalue weighted by Gasteiger charge is -2.08. The Bertz CT molecular complexity index is 647. The molecule has 3 N–H and O–H groups in total. The fourth-order valence-corrected chi connectivity index (χ4v) is 2.73. The monoisotopic (exact) mass is 402 g/mol. The Morgan fingerprint density at radius 3 is 2.53 bits per heavy atom. The number of carbonyl (C=O) groups is 1. The Morgan fingerprint density at radius 1 is 1.16 bits per heavy atom. The van der Waals surface area contributed by atoms with Crippen LogP contribution in [0.3, 0.4) is 0 Å². The largest absolute Gasteiger partial charge is 0.398 e. The first-order valence-electron chi connectivity index (χ1n) is 5.29. The molecule has 0 aromatic heterocycles. The molecule has 0 radical (unpaired) electrons. The molecule has 0 saturated carbocycles. The summed E-state index contributed by atoms with van der Waals surface area (Å²) in [5, 5.41) is 3.23. The highest BCUT2D eigenvalue weighted by molar-refractivity contribution is 9.11. The van der Waals surface area contributed by atoms with Gasteiger partial charge >= 0.3 is 0 Å². The zero-order valence-corrected chi connectivity index (χ0v) is 13.5. The Kier molecular flexibility index (Phi) is 4.50. The minimum Gasteiger partial charge on any atom is -0.398 e. The van der Waals surface area contributed by atoms with Gasteiger partial charge in [-0.1, -0.05) is 27.5 Å². The molecule has 0 atom stereocenters. The SMILES string of the molecule is Nc1cc(C(=O)Nc2ccc(Br)cc2Br)ccc1Cl. The molecule has 1 amide bonds. The maximum Gasteiger partial charge on any atom is 0.255 e. The van der Waals surface area contributed by atoms with Crippen molar-refractivity contribution in [2.24, 2.45) is 0 Å². The van der Waals surface area contributed by atoms with Gasteiger partial charge in [0.05, 0.1) is 16.4 Å². The van der Waals surface area contributed by atoms with Crippen molar-refractivity contribution in [2.45, 2.75) is 0 Å². The summed E-state index contributed by atoms with van der Waals surface area (Å²) >= 11 is 12.6. The van der Waals surface area contributed by atoms with Crippen LogP contribution in [0.15, 0.2) is 45.3 Å². The highest BCUT2D eigenvalue weighted by Gasteiger charge is 2.10. The Morgan fingerprint density at radius 2 is 1.89 bits per heavy atom. The maximum atomic E-state index is 12.1. The van der Waals surface area contributed by atoms with E-state index in [9.17, 15) is 4.79 Å². The number of anilines is 2. The molecule has 0 aliphatic heterocycles. The summed E-state index contributed by atoms with van der Waals surface area (Å²) in [7, 11) is 0. The number of benzene rings is 2. The number of nitrogens with one attached hydrogen (secondary N) is 1. The number of carbonyl (C=O) groups excluding carboxylic acids is 1. The quantitative estimate of drug-likeness (QED) is 0.713. The lowest BCUT2D eigenvalue weighted by Crippen LogP contribution is -2.12.